The molecule has 0 radical (unpaired) electrons. The van der Waals surface area contributed by atoms with Crippen LogP contribution in [-0.2, 0) is 4.79 Å². The van der Waals surface area contributed by atoms with E-state index in [-0.39, 0.29) is 0 Å². The van der Waals surface area contributed by atoms with Crippen molar-refractivity contribution in [2.24, 2.45) is 0 Å². The summed E-state index contributed by atoms with van der Waals surface area (Å²) in [5.74, 6) is -1.33. The zero-order chi connectivity index (χ0) is 11.4. The molecule has 0 unspecified atom stereocenters. The second-order valence-electron chi connectivity index (χ2n) is 3.30. The van der Waals surface area contributed by atoms with Crippen LogP contribution in [0.3, 0.4) is 0 Å². The molecule has 15 heavy (non-hydrogen) atoms. The number of rotatable bonds is 4. The van der Waals surface area contributed by atoms with Crippen LogP contribution < -0.4 is 4.74 Å². The number of hydrogen-bond donors (Lipinski definition) is 2. The van der Waals surface area contributed by atoms with E-state index in [1.165, 1.54) is 7.11 Å². The van der Waals surface area contributed by atoms with Gasteiger partial charge in [0.05, 0.1) is 13.7 Å². The number of carbonyl (C=O) groups is 1. The number of carboxylic acid groups (broad SMARTS) is 1. The Hall–Kier alpha value is -1.55. The van der Waals surface area contributed by atoms with Crippen molar-refractivity contribution in [2.45, 2.75) is 12.8 Å². The molecule has 4 heteroatoms. The van der Waals surface area contributed by atoms with Gasteiger partial charge in [-0.25, -0.2) is 0 Å². The van der Waals surface area contributed by atoms with Crippen molar-refractivity contribution in [3.05, 3.63) is 29.3 Å². The van der Waals surface area contributed by atoms with Crippen LogP contribution in [0.5, 0.6) is 5.75 Å². The molecule has 0 aromatic heterocycles. The summed E-state index contributed by atoms with van der Waals surface area (Å²) in [6, 6.07) is 5.18. The maximum Gasteiger partial charge on any atom is 0.313 e. The van der Waals surface area contributed by atoms with E-state index in [2.05, 4.69) is 0 Å². The number of aliphatic hydroxyl groups is 1. The number of benzene rings is 1. The van der Waals surface area contributed by atoms with Crippen LogP contribution in [-0.4, -0.2) is 29.9 Å². The Bertz CT molecular complexity index is 360. The molecule has 0 heterocycles. The molecule has 1 atom stereocenters. The van der Waals surface area contributed by atoms with E-state index in [0.29, 0.717) is 11.3 Å². The van der Waals surface area contributed by atoms with Gasteiger partial charge in [0.2, 0.25) is 0 Å². The highest BCUT2D eigenvalue weighted by Crippen LogP contribution is 2.24. The summed E-state index contributed by atoms with van der Waals surface area (Å²) in [5, 5.41) is 17.9. The Morgan fingerprint density at radius 3 is 2.67 bits per heavy atom. The van der Waals surface area contributed by atoms with E-state index in [1.54, 1.807) is 25.1 Å². The maximum atomic E-state index is 10.9. The number of aryl methyl sites for hydroxylation is 1. The van der Waals surface area contributed by atoms with Gasteiger partial charge in [0.15, 0.2) is 0 Å². The lowest BCUT2D eigenvalue weighted by atomic mass is 9.95. The molecule has 0 aliphatic heterocycles. The van der Waals surface area contributed by atoms with Crippen molar-refractivity contribution in [1.82, 2.24) is 0 Å². The fourth-order valence-electron chi connectivity index (χ4n) is 1.43. The lowest BCUT2D eigenvalue weighted by Crippen LogP contribution is -2.16. The van der Waals surface area contributed by atoms with E-state index < -0.39 is 18.5 Å². The van der Waals surface area contributed by atoms with E-state index in [0.717, 1.165) is 5.56 Å². The molecule has 0 aliphatic carbocycles. The molecule has 82 valence electrons. The van der Waals surface area contributed by atoms with Gasteiger partial charge in [0.1, 0.15) is 11.7 Å². The second kappa shape index (κ2) is 4.79. The predicted molar refractivity (Wildman–Crippen MR) is 55.2 cm³/mol. The van der Waals surface area contributed by atoms with Gasteiger partial charge >= 0.3 is 5.97 Å². The minimum absolute atomic E-state index is 0.413. The van der Waals surface area contributed by atoms with Gasteiger partial charge in [-0.3, -0.25) is 4.79 Å². The Kier molecular flexibility index (Phi) is 3.68. The highest BCUT2D eigenvalue weighted by molar-refractivity contribution is 5.77. The highest BCUT2D eigenvalue weighted by atomic mass is 16.5. The monoisotopic (exact) mass is 210 g/mol. The third-order valence-corrected chi connectivity index (χ3v) is 2.34. The van der Waals surface area contributed by atoms with Crippen molar-refractivity contribution in [3.63, 3.8) is 0 Å². The summed E-state index contributed by atoms with van der Waals surface area (Å²) in [5.41, 5.74) is 1.42. The SMILES string of the molecule is COc1ccc(C)c([C@H](CO)C(=O)O)c1. The fraction of sp³-hybridized carbons (Fsp3) is 0.364. The third kappa shape index (κ3) is 2.47. The smallest absolute Gasteiger partial charge is 0.313 e. The summed E-state index contributed by atoms with van der Waals surface area (Å²) < 4.78 is 5.01. The Balaban J connectivity index is 3.15. The Morgan fingerprint density at radius 2 is 2.20 bits per heavy atom. The zero-order valence-electron chi connectivity index (χ0n) is 8.73. The third-order valence-electron chi connectivity index (χ3n) is 2.34. The molecule has 1 aromatic carbocycles. The van der Waals surface area contributed by atoms with Gasteiger partial charge < -0.3 is 14.9 Å². The first-order valence-electron chi connectivity index (χ1n) is 4.58. The molecule has 0 amide bonds. The van der Waals surface area contributed by atoms with Crippen LogP contribution in [0.2, 0.25) is 0 Å². The van der Waals surface area contributed by atoms with Crippen LogP contribution >= 0.6 is 0 Å². The first-order chi connectivity index (χ1) is 7.10. The summed E-state index contributed by atoms with van der Waals surface area (Å²) in [6.07, 6.45) is 0. The van der Waals surface area contributed by atoms with Crippen LogP contribution in [0.15, 0.2) is 18.2 Å². The van der Waals surface area contributed by atoms with Crippen molar-refractivity contribution in [1.29, 1.82) is 0 Å². The second-order valence-corrected chi connectivity index (χ2v) is 3.30. The van der Waals surface area contributed by atoms with Crippen LogP contribution in [0.4, 0.5) is 0 Å². The number of aliphatic carboxylic acids is 1. The van der Waals surface area contributed by atoms with Crippen molar-refractivity contribution >= 4 is 5.97 Å². The molecule has 0 spiro atoms. The molecule has 0 aliphatic rings. The molecule has 0 fully saturated rings. The van der Waals surface area contributed by atoms with Crippen molar-refractivity contribution in [3.8, 4) is 5.75 Å². The average molecular weight is 210 g/mol. The van der Waals surface area contributed by atoms with Crippen molar-refractivity contribution in [2.75, 3.05) is 13.7 Å². The van der Waals surface area contributed by atoms with Crippen LogP contribution in [0.25, 0.3) is 0 Å². The van der Waals surface area contributed by atoms with Gasteiger partial charge in [0, 0.05) is 0 Å². The number of aliphatic hydroxyl groups excluding tert-OH is 1. The summed E-state index contributed by atoms with van der Waals surface area (Å²) in [6.45, 7) is 1.39. The van der Waals surface area contributed by atoms with Gasteiger partial charge in [-0.1, -0.05) is 6.07 Å². The zero-order valence-corrected chi connectivity index (χ0v) is 8.73. The number of ether oxygens (including phenoxy) is 1. The minimum Gasteiger partial charge on any atom is -0.497 e. The standard InChI is InChI=1S/C11H14O4/c1-7-3-4-8(15-2)5-9(7)10(6-12)11(13)14/h3-5,10,12H,6H2,1-2H3,(H,13,14)/t10-/m0/s1. The fourth-order valence-corrected chi connectivity index (χ4v) is 1.43. The first kappa shape index (κ1) is 11.5. The molecule has 0 saturated carbocycles. The van der Waals surface area contributed by atoms with Crippen LogP contribution in [0.1, 0.15) is 17.0 Å². The van der Waals surface area contributed by atoms with Gasteiger partial charge in [-0.05, 0) is 30.2 Å². The summed E-state index contributed by atoms with van der Waals surface area (Å²) >= 11 is 0. The highest BCUT2D eigenvalue weighted by Gasteiger charge is 2.20. The molecule has 4 nitrogen and oxygen atoms in total. The molecule has 2 N–H and O–H groups in total. The van der Waals surface area contributed by atoms with Gasteiger partial charge in [-0.2, -0.15) is 0 Å². The number of methoxy groups -OCH3 is 1. The Morgan fingerprint density at radius 1 is 1.53 bits per heavy atom. The average Bonchev–Trinajstić information content (AvgIpc) is 2.21. The van der Waals surface area contributed by atoms with E-state index >= 15 is 0 Å². The molecule has 1 rings (SSSR count). The molecular weight excluding hydrogens is 196 g/mol. The molecule has 0 saturated heterocycles. The van der Waals surface area contributed by atoms with E-state index in [9.17, 15) is 4.79 Å². The van der Waals surface area contributed by atoms with Gasteiger partial charge in [0.25, 0.3) is 0 Å². The molecular formula is C11H14O4. The number of carboxylic acids is 1. The molecule has 1 aromatic rings. The van der Waals surface area contributed by atoms with E-state index in [1.807, 2.05) is 0 Å². The Labute approximate surface area is 88.1 Å². The summed E-state index contributed by atoms with van der Waals surface area (Å²) in [4.78, 5) is 10.9. The number of hydrogen-bond acceptors (Lipinski definition) is 3. The maximum absolute atomic E-state index is 10.9. The van der Waals surface area contributed by atoms with Gasteiger partial charge in [-0.15, -0.1) is 0 Å². The van der Waals surface area contributed by atoms with E-state index in [4.69, 9.17) is 14.9 Å². The molecule has 0 bridgehead atoms. The predicted octanol–water partition coefficient (Wildman–Crippen LogP) is 1.16. The lowest BCUT2D eigenvalue weighted by Gasteiger charge is -2.13. The van der Waals surface area contributed by atoms with Crippen LogP contribution in [0, 0.1) is 6.92 Å². The first-order valence-corrected chi connectivity index (χ1v) is 4.58. The topological polar surface area (TPSA) is 66.8 Å². The van der Waals surface area contributed by atoms with Crippen molar-refractivity contribution < 1.29 is 19.7 Å². The minimum atomic E-state index is -1.03. The normalized spacial score (nSPS) is 12.2. The largest absolute Gasteiger partial charge is 0.497 e. The lowest BCUT2D eigenvalue weighted by molar-refractivity contribution is -0.139. The quantitative estimate of drug-likeness (QED) is 0.782. The summed E-state index contributed by atoms with van der Waals surface area (Å²) in [7, 11) is 1.52.